The molecule has 2 N–H and O–H groups in total. The van der Waals surface area contributed by atoms with E-state index in [1.807, 2.05) is 0 Å². The third-order valence-electron chi connectivity index (χ3n) is 3.34. The van der Waals surface area contributed by atoms with Crippen LogP contribution in [0.5, 0.6) is 0 Å². The van der Waals surface area contributed by atoms with Crippen molar-refractivity contribution >= 4 is 23.9 Å². The van der Waals surface area contributed by atoms with E-state index in [1.165, 1.54) is 38.3 Å². The molecule has 128 valence electrons. The van der Waals surface area contributed by atoms with Gasteiger partial charge in [0.2, 0.25) is 0 Å². The van der Waals surface area contributed by atoms with Crippen LogP contribution >= 0.6 is 0 Å². The fourth-order valence-electron chi connectivity index (χ4n) is 1.81. The summed E-state index contributed by atoms with van der Waals surface area (Å²) in [6, 6.07) is 5.11. The number of ether oxygens (including phenoxy) is 2. The number of benzene rings is 1. The molecule has 1 fully saturated rings. The van der Waals surface area contributed by atoms with Crippen LogP contribution in [0.4, 0.5) is 4.79 Å². The average molecular weight is 334 g/mol. The molecule has 1 unspecified atom stereocenters. The van der Waals surface area contributed by atoms with Gasteiger partial charge in [0.1, 0.15) is 0 Å². The first-order valence-corrected chi connectivity index (χ1v) is 7.41. The molecular weight excluding hydrogens is 316 g/mol. The van der Waals surface area contributed by atoms with Crippen LogP contribution in [-0.4, -0.2) is 43.1 Å². The van der Waals surface area contributed by atoms with Crippen LogP contribution in [0.1, 0.15) is 40.5 Å². The number of urea groups is 1. The van der Waals surface area contributed by atoms with Crippen molar-refractivity contribution in [1.29, 1.82) is 0 Å². The molecule has 8 nitrogen and oxygen atoms in total. The summed E-state index contributed by atoms with van der Waals surface area (Å²) < 4.78 is 9.55. The quantitative estimate of drug-likeness (QED) is 0.777. The van der Waals surface area contributed by atoms with Crippen LogP contribution < -0.4 is 10.6 Å². The minimum atomic E-state index is -1.14. The lowest BCUT2D eigenvalue weighted by molar-refractivity contribution is -0.127. The summed E-state index contributed by atoms with van der Waals surface area (Å²) in [7, 11) is 1.25. The number of nitrogens with one attached hydrogen (secondary N) is 2. The number of methoxy groups -OCH3 is 1. The van der Waals surface area contributed by atoms with Gasteiger partial charge in [-0.2, -0.15) is 0 Å². The Labute approximate surface area is 138 Å². The molecule has 0 bridgehead atoms. The summed E-state index contributed by atoms with van der Waals surface area (Å²) >= 11 is 0. The fourth-order valence-corrected chi connectivity index (χ4v) is 1.81. The lowest BCUT2D eigenvalue weighted by Gasteiger charge is -2.13. The fraction of sp³-hybridized carbons (Fsp3) is 0.375. The molecule has 1 saturated carbocycles. The van der Waals surface area contributed by atoms with Crippen molar-refractivity contribution in [2.75, 3.05) is 7.11 Å². The Morgan fingerprint density at radius 1 is 1.04 bits per heavy atom. The van der Waals surface area contributed by atoms with Crippen LogP contribution in [0.3, 0.4) is 0 Å². The zero-order chi connectivity index (χ0) is 17.7. The van der Waals surface area contributed by atoms with Gasteiger partial charge in [-0.3, -0.25) is 10.1 Å². The zero-order valence-electron chi connectivity index (χ0n) is 13.3. The molecule has 1 aromatic carbocycles. The number of rotatable bonds is 5. The van der Waals surface area contributed by atoms with Gasteiger partial charge in [-0.15, -0.1) is 0 Å². The highest BCUT2D eigenvalue weighted by Gasteiger charge is 2.26. The summed E-state index contributed by atoms with van der Waals surface area (Å²) in [5.41, 5.74) is 0.460. The molecule has 0 spiro atoms. The standard InChI is InChI=1S/C16H18N2O6/c1-9(13(19)18-16(22)17-12-7-8-12)24-15(21)11-5-3-10(4-6-11)14(20)23-2/h3-6,9,12H,7-8H2,1-2H3,(H2,17,18,19,22). The molecule has 0 radical (unpaired) electrons. The molecule has 0 saturated heterocycles. The Hall–Kier alpha value is -2.90. The molecule has 0 heterocycles. The summed E-state index contributed by atoms with van der Waals surface area (Å²) in [5, 5.41) is 4.70. The van der Waals surface area contributed by atoms with E-state index in [4.69, 9.17) is 4.74 Å². The maximum atomic E-state index is 12.0. The highest BCUT2D eigenvalue weighted by atomic mass is 16.5. The Morgan fingerprint density at radius 2 is 1.58 bits per heavy atom. The molecule has 1 aromatic rings. The Balaban J connectivity index is 1.86. The SMILES string of the molecule is COC(=O)c1ccc(C(=O)OC(C)C(=O)NC(=O)NC2CC2)cc1. The Morgan fingerprint density at radius 3 is 2.08 bits per heavy atom. The van der Waals surface area contributed by atoms with Gasteiger partial charge in [-0.05, 0) is 44.0 Å². The Kier molecular flexibility index (Phi) is 5.51. The maximum Gasteiger partial charge on any atom is 0.338 e. The van der Waals surface area contributed by atoms with E-state index in [9.17, 15) is 19.2 Å². The predicted octanol–water partition coefficient (Wildman–Crippen LogP) is 1.01. The van der Waals surface area contributed by atoms with Crippen LogP contribution in [0.25, 0.3) is 0 Å². The van der Waals surface area contributed by atoms with E-state index in [0.29, 0.717) is 0 Å². The molecule has 8 heteroatoms. The largest absolute Gasteiger partial charge is 0.465 e. The average Bonchev–Trinajstić information content (AvgIpc) is 3.37. The zero-order valence-corrected chi connectivity index (χ0v) is 13.3. The Bertz CT molecular complexity index is 651. The molecule has 3 amide bonds. The number of amides is 3. The smallest absolute Gasteiger partial charge is 0.338 e. The van der Waals surface area contributed by atoms with Gasteiger partial charge in [-0.1, -0.05) is 0 Å². The molecule has 0 aromatic heterocycles. The van der Waals surface area contributed by atoms with E-state index in [1.54, 1.807) is 0 Å². The first kappa shape index (κ1) is 17.5. The van der Waals surface area contributed by atoms with Gasteiger partial charge < -0.3 is 14.8 Å². The van der Waals surface area contributed by atoms with Crippen LogP contribution in [0, 0.1) is 0 Å². The highest BCUT2D eigenvalue weighted by molar-refractivity contribution is 5.99. The van der Waals surface area contributed by atoms with Gasteiger partial charge in [0.25, 0.3) is 5.91 Å². The van der Waals surface area contributed by atoms with E-state index in [0.717, 1.165) is 12.8 Å². The van der Waals surface area contributed by atoms with Crippen molar-refractivity contribution in [3.05, 3.63) is 35.4 Å². The normalized spacial score (nSPS) is 14.2. The minimum Gasteiger partial charge on any atom is -0.465 e. The number of esters is 2. The molecule has 24 heavy (non-hydrogen) atoms. The van der Waals surface area contributed by atoms with Crippen molar-refractivity contribution < 1.29 is 28.7 Å². The number of hydrogen-bond donors (Lipinski definition) is 2. The lowest BCUT2D eigenvalue weighted by Crippen LogP contribution is -2.45. The lowest BCUT2D eigenvalue weighted by atomic mass is 10.1. The predicted molar refractivity (Wildman–Crippen MR) is 82.4 cm³/mol. The molecule has 1 atom stereocenters. The monoisotopic (exact) mass is 334 g/mol. The topological polar surface area (TPSA) is 111 Å². The number of carbonyl (C=O) groups is 4. The first-order valence-electron chi connectivity index (χ1n) is 7.41. The van der Waals surface area contributed by atoms with E-state index in [2.05, 4.69) is 15.4 Å². The molecule has 1 aliphatic rings. The highest BCUT2D eigenvalue weighted by Crippen LogP contribution is 2.18. The molecule has 0 aliphatic heterocycles. The minimum absolute atomic E-state index is 0.115. The van der Waals surface area contributed by atoms with Crippen molar-refractivity contribution in [2.45, 2.75) is 31.9 Å². The van der Waals surface area contributed by atoms with Gasteiger partial charge in [0.15, 0.2) is 6.10 Å². The van der Waals surface area contributed by atoms with E-state index < -0.39 is 30.0 Å². The van der Waals surface area contributed by atoms with Crippen molar-refractivity contribution in [3.8, 4) is 0 Å². The van der Waals surface area contributed by atoms with E-state index in [-0.39, 0.29) is 17.2 Å². The summed E-state index contributed by atoms with van der Waals surface area (Å²) in [4.78, 5) is 46.5. The second-order valence-electron chi connectivity index (χ2n) is 5.35. The molecular formula is C16H18N2O6. The second-order valence-corrected chi connectivity index (χ2v) is 5.35. The summed E-state index contributed by atoms with van der Waals surface area (Å²) in [6.45, 7) is 1.36. The van der Waals surface area contributed by atoms with Gasteiger partial charge in [0.05, 0.1) is 18.2 Å². The maximum absolute atomic E-state index is 12.0. The molecule has 1 aliphatic carbocycles. The summed E-state index contributed by atoms with van der Waals surface area (Å²) in [5.74, 6) is -1.98. The third-order valence-corrected chi connectivity index (χ3v) is 3.34. The third kappa shape index (κ3) is 4.80. The van der Waals surface area contributed by atoms with Crippen molar-refractivity contribution in [2.24, 2.45) is 0 Å². The first-order chi connectivity index (χ1) is 11.4. The number of imide groups is 1. The van der Waals surface area contributed by atoms with Gasteiger partial charge in [-0.25, -0.2) is 14.4 Å². The van der Waals surface area contributed by atoms with Crippen LogP contribution in [-0.2, 0) is 14.3 Å². The summed E-state index contributed by atoms with van der Waals surface area (Å²) in [6.07, 6.45) is 0.657. The van der Waals surface area contributed by atoms with Gasteiger partial charge >= 0.3 is 18.0 Å². The molecule has 2 rings (SSSR count). The second kappa shape index (κ2) is 7.58. The number of carbonyl (C=O) groups excluding carboxylic acids is 4. The van der Waals surface area contributed by atoms with E-state index >= 15 is 0 Å². The van der Waals surface area contributed by atoms with Crippen LogP contribution in [0.15, 0.2) is 24.3 Å². The number of hydrogen-bond acceptors (Lipinski definition) is 6. The van der Waals surface area contributed by atoms with Gasteiger partial charge in [0, 0.05) is 6.04 Å². The van der Waals surface area contributed by atoms with Crippen molar-refractivity contribution in [3.63, 3.8) is 0 Å². The van der Waals surface area contributed by atoms with Crippen molar-refractivity contribution in [1.82, 2.24) is 10.6 Å². The van der Waals surface area contributed by atoms with Crippen LogP contribution in [0.2, 0.25) is 0 Å².